The number of nitrogens with zero attached hydrogens (tertiary/aromatic N) is 2. The van der Waals surface area contributed by atoms with Gasteiger partial charge in [-0.25, -0.2) is 0 Å². The van der Waals surface area contributed by atoms with Crippen molar-refractivity contribution in [1.82, 2.24) is 4.98 Å². The van der Waals surface area contributed by atoms with Gasteiger partial charge in [-0.3, -0.25) is 9.59 Å². The van der Waals surface area contributed by atoms with Crippen molar-refractivity contribution in [3.63, 3.8) is 0 Å². The molecule has 0 fully saturated rings. The first kappa shape index (κ1) is 13.2. The molecule has 0 spiro atoms. The van der Waals surface area contributed by atoms with Crippen LogP contribution in [0.3, 0.4) is 0 Å². The Morgan fingerprint density at radius 2 is 1.83 bits per heavy atom. The highest BCUT2D eigenvalue weighted by atomic mass is 16.5. The fourth-order valence-electron chi connectivity index (χ4n) is 2.71. The summed E-state index contributed by atoms with van der Waals surface area (Å²) >= 11 is 0. The summed E-state index contributed by atoms with van der Waals surface area (Å²) < 4.78 is 5.35. The summed E-state index contributed by atoms with van der Waals surface area (Å²) in [5, 5.41) is 12.1. The van der Waals surface area contributed by atoms with E-state index in [1.165, 1.54) is 12.3 Å². The Morgan fingerprint density at radius 1 is 1.09 bits per heavy atom. The van der Waals surface area contributed by atoms with E-state index in [0.717, 1.165) is 0 Å². The predicted molar refractivity (Wildman–Crippen MR) is 78.6 cm³/mol. The normalized spacial score (nSPS) is 12.9. The largest absolute Gasteiger partial charge is 0.618 e. The average molecular weight is 307 g/mol. The summed E-state index contributed by atoms with van der Waals surface area (Å²) in [6, 6.07) is 10.2. The second-order valence-electron chi connectivity index (χ2n) is 5.03. The molecule has 112 valence electrons. The van der Waals surface area contributed by atoms with Gasteiger partial charge in [0.15, 0.2) is 11.9 Å². The number of carbonyl (C=O) groups is 2. The van der Waals surface area contributed by atoms with Crippen molar-refractivity contribution in [3.05, 3.63) is 70.5 Å². The summed E-state index contributed by atoms with van der Waals surface area (Å²) in [4.78, 5) is 29.0. The van der Waals surface area contributed by atoms with E-state index in [0.29, 0.717) is 15.9 Å². The number of fused-ring (bicyclic) bond motifs is 2. The molecule has 2 aromatic heterocycles. The van der Waals surface area contributed by atoms with Gasteiger partial charge in [-0.1, -0.05) is 30.3 Å². The molecule has 7 heteroatoms. The minimum absolute atomic E-state index is 0.0134. The van der Waals surface area contributed by atoms with Gasteiger partial charge in [-0.2, -0.15) is 9.71 Å². The zero-order valence-electron chi connectivity index (χ0n) is 11.6. The first-order chi connectivity index (χ1) is 11.1. The molecule has 0 bridgehead atoms. The third kappa shape index (κ3) is 1.76. The van der Waals surface area contributed by atoms with Crippen LogP contribution in [0.1, 0.15) is 32.3 Å². The number of hydrogen-bond donors (Lipinski definition) is 1. The van der Waals surface area contributed by atoms with Gasteiger partial charge in [-0.15, -0.1) is 0 Å². The molecule has 1 aliphatic carbocycles. The van der Waals surface area contributed by atoms with Crippen LogP contribution in [0.5, 0.6) is 0 Å². The van der Waals surface area contributed by atoms with E-state index in [9.17, 15) is 14.8 Å². The monoisotopic (exact) mass is 307 g/mol. The number of oxazole rings is 1. The fraction of sp³-hybridized carbons (Fsp3) is 0. The minimum atomic E-state index is -0.702. The van der Waals surface area contributed by atoms with E-state index in [-0.39, 0.29) is 28.7 Å². The summed E-state index contributed by atoms with van der Waals surface area (Å²) in [5.41, 5.74) is 6.21. The molecule has 1 aliphatic rings. The van der Waals surface area contributed by atoms with Crippen molar-refractivity contribution in [2.75, 3.05) is 5.73 Å². The highest BCUT2D eigenvalue weighted by Gasteiger charge is 2.42. The van der Waals surface area contributed by atoms with E-state index >= 15 is 0 Å². The predicted octanol–water partition coefficient (Wildman–Crippen LogP) is 1.33. The maximum absolute atomic E-state index is 12.7. The fourth-order valence-corrected chi connectivity index (χ4v) is 2.71. The number of anilines is 1. The van der Waals surface area contributed by atoms with Gasteiger partial charge in [-0.05, 0) is 5.56 Å². The number of rotatable bonds is 1. The second kappa shape index (κ2) is 4.51. The van der Waals surface area contributed by atoms with Crippen molar-refractivity contribution >= 4 is 17.6 Å². The molecule has 0 saturated heterocycles. The van der Waals surface area contributed by atoms with Crippen molar-refractivity contribution in [1.29, 1.82) is 0 Å². The molecule has 0 aliphatic heterocycles. The first-order valence-corrected chi connectivity index (χ1v) is 6.75. The van der Waals surface area contributed by atoms with Crippen molar-refractivity contribution in [2.45, 2.75) is 0 Å². The van der Waals surface area contributed by atoms with Crippen molar-refractivity contribution < 1.29 is 18.7 Å². The lowest BCUT2D eigenvalue weighted by Gasteiger charge is -2.15. The van der Waals surface area contributed by atoms with Gasteiger partial charge in [0.2, 0.25) is 11.5 Å². The van der Waals surface area contributed by atoms with E-state index in [4.69, 9.17) is 10.2 Å². The van der Waals surface area contributed by atoms with Crippen LogP contribution in [0.4, 0.5) is 6.01 Å². The highest BCUT2D eigenvalue weighted by molar-refractivity contribution is 6.27. The van der Waals surface area contributed by atoms with E-state index in [1.54, 1.807) is 24.3 Å². The SMILES string of the molecule is Nc1nc2c(o1)C(=O)c1c(c(-c3ccccc3)cc[n+]1[O-])C2=O. The van der Waals surface area contributed by atoms with Gasteiger partial charge in [0.25, 0.3) is 17.5 Å². The van der Waals surface area contributed by atoms with Crippen molar-refractivity contribution in [3.8, 4) is 11.1 Å². The molecular weight excluding hydrogens is 298 g/mol. The molecule has 7 nitrogen and oxygen atoms in total. The minimum Gasteiger partial charge on any atom is -0.618 e. The molecule has 2 N–H and O–H groups in total. The summed E-state index contributed by atoms with van der Waals surface area (Å²) in [6.45, 7) is 0. The first-order valence-electron chi connectivity index (χ1n) is 6.75. The summed E-state index contributed by atoms with van der Waals surface area (Å²) in [5.74, 6) is -1.56. The quantitative estimate of drug-likeness (QED) is 0.419. The third-order valence-electron chi connectivity index (χ3n) is 3.70. The van der Waals surface area contributed by atoms with E-state index in [1.807, 2.05) is 6.07 Å². The van der Waals surface area contributed by atoms with E-state index < -0.39 is 11.6 Å². The molecule has 0 saturated carbocycles. The maximum atomic E-state index is 12.7. The Balaban J connectivity index is 2.06. The molecule has 0 amide bonds. The van der Waals surface area contributed by atoms with Crippen LogP contribution in [0.25, 0.3) is 11.1 Å². The smallest absolute Gasteiger partial charge is 0.296 e. The Bertz CT molecular complexity index is 976. The molecule has 23 heavy (non-hydrogen) atoms. The van der Waals surface area contributed by atoms with Gasteiger partial charge in [0.05, 0.1) is 0 Å². The lowest BCUT2D eigenvalue weighted by atomic mass is 9.88. The third-order valence-corrected chi connectivity index (χ3v) is 3.70. The molecule has 3 aromatic rings. The lowest BCUT2D eigenvalue weighted by molar-refractivity contribution is -0.607. The Morgan fingerprint density at radius 3 is 2.57 bits per heavy atom. The zero-order chi connectivity index (χ0) is 16.1. The number of nitrogen functional groups attached to an aromatic ring is 1. The number of pyridine rings is 1. The zero-order valence-corrected chi connectivity index (χ0v) is 11.6. The highest BCUT2D eigenvalue weighted by Crippen LogP contribution is 2.33. The molecule has 4 rings (SSSR count). The number of nitrogens with two attached hydrogens (primary N) is 1. The molecular formula is C16H9N3O4. The number of benzene rings is 1. The maximum Gasteiger partial charge on any atom is 0.296 e. The number of hydrogen-bond acceptors (Lipinski definition) is 6. The van der Waals surface area contributed by atoms with E-state index in [2.05, 4.69) is 4.98 Å². The molecule has 0 atom stereocenters. The number of carbonyl (C=O) groups excluding carboxylic acids is 2. The molecule has 1 aromatic carbocycles. The Labute approximate surface area is 129 Å². The Kier molecular flexibility index (Phi) is 2.59. The van der Waals surface area contributed by atoms with Crippen molar-refractivity contribution in [2.24, 2.45) is 0 Å². The standard InChI is InChI=1S/C16H9N3O4/c17-16-18-11-13(20)10-9(8-4-2-1-3-5-8)6-7-19(22)12(10)14(21)15(11)23-16/h1-7H,(H2,17,18). The van der Waals surface area contributed by atoms with Crippen LogP contribution in [0, 0.1) is 5.21 Å². The number of aromatic nitrogens is 2. The van der Waals surface area contributed by atoms with Gasteiger partial charge >= 0.3 is 0 Å². The second-order valence-corrected chi connectivity index (χ2v) is 5.03. The van der Waals surface area contributed by atoms with Crippen LogP contribution >= 0.6 is 0 Å². The average Bonchev–Trinajstić information content (AvgIpc) is 2.95. The van der Waals surface area contributed by atoms with Gasteiger partial charge in [0, 0.05) is 11.6 Å². The molecule has 2 heterocycles. The molecule has 0 unspecified atom stereocenters. The van der Waals surface area contributed by atoms with Crippen LogP contribution < -0.4 is 10.5 Å². The molecule has 0 radical (unpaired) electrons. The Hall–Kier alpha value is -3.48. The van der Waals surface area contributed by atoms with Gasteiger partial charge < -0.3 is 15.4 Å². The van der Waals surface area contributed by atoms with Crippen LogP contribution in [-0.4, -0.2) is 16.6 Å². The summed E-state index contributed by atoms with van der Waals surface area (Å²) in [6.07, 6.45) is 1.19. The number of ketones is 2. The van der Waals surface area contributed by atoms with Crippen LogP contribution in [0.15, 0.2) is 47.0 Å². The van der Waals surface area contributed by atoms with Crippen LogP contribution in [0.2, 0.25) is 0 Å². The van der Waals surface area contributed by atoms with Crippen LogP contribution in [-0.2, 0) is 0 Å². The topological polar surface area (TPSA) is 113 Å². The van der Waals surface area contributed by atoms with Gasteiger partial charge in [0.1, 0.15) is 5.56 Å². The lowest BCUT2D eigenvalue weighted by Crippen LogP contribution is -2.40. The summed E-state index contributed by atoms with van der Waals surface area (Å²) in [7, 11) is 0.